The van der Waals surface area contributed by atoms with Crippen LogP contribution in [0.3, 0.4) is 0 Å². The fraction of sp³-hybridized carbons (Fsp3) is 0.200. The number of fused-ring (bicyclic) bond motifs is 1. The molecule has 4 aromatic rings. The minimum absolute atomic E-state index is 0.243. The van der Waals surface area contributed by atoms with Gasteiger partial charge >= 0.3 is 0 Å². The smallest absolute Gasteiger partial charge is 0.255 e. The van der Waals surface area contributed by atoms with Crippen molar-refractivity contribution >= 4 is 27.9 Å². The highest BCUT2D eigenvalue weighted by atomic mass is 32.1. The number of aromatic nitrogens is 4. The molecule has 0 unspecified atom stereocenters. The number of rotatable bonds is 5. The van der Waals surface area contributed by atoms with E-state index in [0.717, 1.165) is 32.6 Å². The molecule has 1 amide bonds. The summed E-state index contributed by atoms with van der Waals surface area (Å²) in [6.45, 7) is 3.80. The van der Waals surface area contributed by atoms with Crippen LogP contribution in [0, 0.1) is 13.8 Å². The van der Waals surface area contributed by atoms with E-state index in [4.69, 9.17) is 9.47 Å². The molecule has 8 nitrogen and oxygen atoms in total. The van der Waals surface area contributed by atoms with Crippen LogP contribution >= 0.6 is 11.3 Å². The van der Waals surface area contributed by atoms with E-state index < -0.39 is 0 Å². The van der Waals surface area contributed by atoms with E-state index in [0.29, 0.717) is 17.1 Å². The van der Waals surface area contributed by atoms with Gasteiger partial charge in [0.15, 0.2) is 5.82 Å². The molecule has 4 rings (SSSR count). The van der Waals surface area contributed by atoms with Crippen LogP contribution in [0.1, 0.15) is 21.7 Å². The number of nitrogens with zero attached hydrogens (tertiary/aromatic N) is 4. The van der Waals surface area contributed by atoms with E-state index in [1.54, 1.807) is 36.9 Å². The predicted molar refractivity (Wildman–Crippen MR) is 111 cm³/mol. The fourth-order valence-electron chi connectivity index (χ4n) is 2.90. The Morgan fingerprint density at radius 2 is 1.76 bits per heavy atom. The lowest BCUT2D eigenvalue weighted by Crippen LogP contribution is -2.13. The van der Waals surface area contributed by atoms with Gasteiger partial charge in [-0.05, 0) is 49.7 Å². The maximum Gasteiger partial charge on any atom is 0.255 e. The second kappa shape index (κ2) is 7.51. The normalized spacial score (nSPS) is 10.9. The molecule has 0 aliphatic heterocycles. The van der Waals surface area contributed by atoms with Crippen LogP contribution in [0.25, 0.3) is 15.5 Å². The number of hydrogen-bond donors (Lipinski definition) is 1. The van der Waals surface area contributed by atoms with Crippen LogP contribution in [0.2, 0.25) is 0 Å². The lowest BCUT2D eigenvalue weighted by atomic mass is 10.1. The Labute approximate surface area is 171 Å². The first-order chi connectivity index (χ1) is 14.0. The Bertz CT molecular complexity index is 1190. The van der Waals surface area contributed by atoms with Crippen molar-refractivity contribution in [2.45, 2.75) is 13.8 Å². The van der Waals surface area contributed by atoms with Crippen molar-refractivity contribution in [3.63, 3.8) is 0 Å². The molecule has 2 aromatic carbocycles. The molecular weight excluding hydrogens is 390 g/mol. The highest BCUT2D eigenvalue weighted by molar-refractivity contribution is 7.19. The highest BCUT2D eigenvalue weighted by Gasteiger charge is 2.14. The Hall–Kier alpha value is -3.46. The molecule has 9 heteroatoms. The summed E-state index contributed by atoms with van der Waals surface area (Å²) in [5.41, 5.74) is 3.06. The van der Waals surface area contributed by atoms with Crippen molar-refractivity contribution in [1.29, 1.82) is 0 Å². The van der Waals surface area contributed by atoms with Gasteiger partial charge in [0.05, 0.1) is 14.2 Å². The van der Waals surface area contributed by atoms with Crippen molar-refractivity contribution in [1.82, 2.24) is 19.8 Å². The van der Waals surface area contributed by atoms with Gasteiger partial charge < -0.3 is 14.8 Å². The van der Waals surface area contributed by atoms with Gasteiger partial charge in [-0.1, -0.05) is 11.3 Å². The first-order valence-electron chi connectivity index (χ1n) is 8.83. The summed E-state index contributed by atoms with van der Waals surface area (Å²) in [5.74, 6) is 1.62. The first kappa shape index (κ1) is 18.9. The van der Waals surface area contributed by atoms with Gasteiger partial charge in [0.1, 0.15) is 16.5 Å². The van der Waals surface area contributed by atoms with E-state index in [9.17, 15) is 4.79 Å². The van der Waals surface area contributed by atoms with Crippen LogP contribution in [-0.2, 0) is 0 Å². The Morgan fingerprint density at radius 3 is 2.38 bits per heavy atom. The molecule has 148 valence electrons. The van der Waals surface area contributed by atoms with Gasteiger partial charge in [0.2, 0.25) is 4.96 Å². The van der Waals surface area contributed by atoms with Crippen LogP contribution in [0.4, 0.5) is 5.69 Å². The van der Waals surface area contributed by atoms with Crippen LogP contribution in [0.15, 0.2) is 36.4 Å². The van der Waals surface area contributed by atoms with Crippen molar-refractivity contribution in [2.24, 2.45) is 0 Å². The summed E-state index contributed by atoms with van der Waals surface area (Å²) in [4.78, 5) is 13.5. The second-order valence-corrected chi connectivity index (χ2v) is 7.39. The number of nitrogens with one attached hydrogen (secondary N) is 1. The summed E-state index contributed by atoms with van der Waals surface area (Å²) >= 11 is 1.47. The summed E-state index contributed by atoms with van der Waals surface area (Å²) in [7, 11) is 3.10. The van der Waals surface area contributed by atoms with E-state index in [1.165, 1.54) is 11.3 Å². The number of ether oxygens (including phenoxy) is 2. The maximum absolute atomic E-state index is 12.7. The average Bonchev–Trinajstić information content (AvgIpc) is 3.31. The van der Waals surface area contributed by atoms with Crippen molar-refractivity contribution in [3.05, 3.63) is 53.3 Å². The molecule has 0 saturated carbocycles. The molecule has 2 aromatic heterocycles. The molecule has 0 saturated heterocycles. The van der Waals surface area contributed by atoms with Gasteiger partial charge in [-0.15, -0.1) is 10.2 Å². The zero-order valence-electron chi connectivity index (χ0n) is 16.4. The standard InChI is InChI=1S/C20H19N5O3S/c1-11-7-13(19-24-25-12(2)22-23-20(25)29-19)5-6-17(11)21-18(26)14-8-15(27-3)10-16(9-14)28-4/h5-10H,1-4H3,(H,21,26). The molecule has 0 bridgehead atoms. The lowest BCUT2D eigenvalue weighted by Gasteiger charge is -2.11. The van der Waals surface area contributed by atoms with E-state index >= 15 is 0 Å². The maximum atomic E-state index is 12.7. The summed E-state index contributed by atoms with van der Waals surface area (Å²) in [5, 5.41) is 16.4. The minimum atomic E-state index is -0.243. The van der Waals surface area contributed by atoms with Crippen molar-refractivity contribution in [2.75, 3.05) is 19.5 Å². The number of hydrogen-bond acceptors (Lipinski definition) is 7. The predicted octanol–water partition coefficient (Wildman–Crippen LogP) is 3.74. The Balaban J connectivity index is 1.59. The Kier molecular flexibility index (Phi) is 4.89. The van der Waals surface area contributed by atoms with E-state index in [1.807, 2.05) is 32.0 Å². The quantitative estimate of drug-likeness (QED) is 0.540. The summed E-state index contributed by atoms with van der Waals surface area (Å²) in [6.07, 6.45) is 0. The molecule has 0 aliphatic rings. The number of anilines is 1. The van der Waals surface area contributed by atoms with Gasteiger partial charge in [0, 0.05) is 22.9 Å². The number of amides is 1. The lowest BCUT2D eigenvalue weighted by molar-refractivity contribution is 0.102. The third kappa shape index (κ3) is 3.64. The number of aryl methyl sites for hydroxylation is 2. The van der Waals surface area contributed by atoms with Crippen LogP contribution in [-0.4, -0.2) is 39.9 Å². The van der Waals surface area contributed by atoms with Crippen molar-refractivity contribution < 1.29 is 14.3 Å². The second-order valence-electron chi connectivity index (χ2n) is 6.43. The minimum Gasteiger partial charge on any atom is -0.497 e. The van der Waals surface area contributed by atoms with Crippen LogP contribution < -0.4 is 14.8 Å². The topological polar surface area (TPSA) is 90.6 Å². The van der Waals surface area contributed by atoms with Crippen LogP contribution in [0.5, 0.6) is 11.5 Å². The molecule has 0 spiro atoms. The summed E-state index contributed by atoms with van der Waals surface area (Å²) < 4.78 is 12.2. The fourth-order valence-corrected chi connectivity index (χ4v) is 3.78. The number of carbonyl (C=O) groups excluding carboxylic acids is 1. The average molecular weight is 409 g/mol. The molecule has 0 aliphatic carbocycles. The van der Waals surface area contributed by atoms with Gasteiger partial charge in [0.25, 0.3) is 5.91 Å². The zero-order chi connectivity index (χ0) is 20.5. The van der Waals surface area contributed by atoms with E-state index in [2.05, 4.69) is 20.6 Å². The molecule has 0 atom stereocenters. The molecule has 1 N–H and O–H groups in total. The highest BCUT2D eigenvalue weighted by Crippen LogP contribution is 2.29. The molecule has 0 radical (unpaired) electrons. The number of benzene rings is 2. The monoisotopic (exact) mass is 409 g/mol. The van der Waals surface area contributed by atoms with Gasteiger partial charge in [-0.2, -0.15) is 9.61 Å². The number of methoxy groups -OCH3 is 2. The van der Waals surface area contributed by atoms with E-state index in [-0.39, 0.29) is 5.91 Å². The zero-order valence-corrected chi connectivity index (χ0v) is 17.2. The molecule has 0 fully saturated rings. The first-order valence-corrected chi connectivity index (χ1v) is 9.64. The summed E-state index contributed by atoms with van der Waals surface area (Å²) in [6, 6.07) is 10.8. The molecular formula is C20H19N5O3S. The van der Waals surface area contributed by atoms with Gasteiger partial charge in [-0.25, -0.2) is 0 Å². The number of carbonyl (C=O) groups is 1. The van der Waals surface area contributed by atoms with Gasteiger partial charge in [-0.3, -0.25) is 4.79 Å². The SMILES string of the molecule is COc1cc(OC)cc(C(=O)Nc2ccc(-c3nn4c(C)nnc4s3)cc2C)c1. The molecule has 2 heterocycles. The Morgan fingerprint density at radius 1 is 1.03 bits per heavy atom. The molecule has 29 heavy (non-hydrogen) atoms. The third-order valence-corrected chi connectivity index (χ3v) is 5.43. The largest absolute Gasteiger partial charge is 0.497 e. The third-order valence-electron chi connectivity index (χ3n) is 4.48. The van der Waals surface area contributed by atoms with Crippen molar-refractivity contribution in [3.8, 4) is 22.1 Å².